The summed E-state index contributed by atoms with van der Waals surface area (Å²) < 4.78 is 41.4. The number of benzene rings is 1. The number of amides is 2. The zero-order valence-corrected chi connectivity index (χ0v) is 16.2. The van der Waals surface area contributed by atoms with E-state index in [9.17, 15) is 22.8 Å². The number of alkyl halides is 3. The summed E-state index contributed by atoms with van der Waals surface area (Å²) in [5.41, 5.74) is 0.190. The van der Waals surface area contributed by atoms with E-state index in [2.05, 4.69) is 20.8 Å². The first-order valence-electron chi connectivity index (χ1n) is 8.27. The van der Waals surface area contributed by atoms with Crippen molar-refractivity contribution in [2.75, 3.05) is 27.8 Å². The van der Waals surface area contributed by atoms with Gasteiger partial charge in [-0.25, -0.2) is 0 Å². The smallest absolute Gasteiger partial charge is 0.360 e. The van der Waals surface area contributed by atoms with Crippen molar-refractivity contribution in [3.63, 3.8) is 0 Å². The number of halogens is 3. The molecule has 2 N–H and O–H groups in total. The van der Waals surface area contributed by atoms with Crippen molar-refractivity contribution in [2.45, 2.75) is 29.9 Å². The van der Waals surface area contributed by atoms with E-state index in [1.54, 1.807) is 6.07 Å². The highest BCUT2D eigenvalue weighted by Gasteiger charge is 2.48. The van der Waals surface area contributed by atoms with E-state index in [-0.39, 0.29) is 17.1 Å². The quantitative estimate of drug-likeness (QED) is 0.706. The van der Waals surface area contributed by atoms with Gasteiger partial charge in [-0.2, -0.15) is 13.2 Å². The predicted octanol–water partition coefficient (Wildman–Crippen LogP) is 3.37. The van der Waals surface area contributed by atoms with E-state index in [0.29, 0.717) is 20.9 Å². The van der Waals surface area contributed by atoms with Crippen molar-refractivity contribution in [3.8, 4) is 0 Å². The molecule has 1 aliphatic heterocycles. The molecule has 0 spiro atoms. The monoisotopic (exact) mass is 431 g/mol. The summed E-state index contributed by atoms with van der Waals surface area (Å²) in [4.78, 5) is 25.4. The maximum Gasteiger partial charge on any atom is 0.409 e. The second kappa shape index (κ2) is 8.35. The molecular weight excluding hydrogens is 415 g/mol. The van der Waals surface area contributed by atoms with E-state index in [0.717, 1.165) is 11.8 Å². The Morgan fingerprint density at radius 3 is 2.86 bits per heavy atom. The van der Waals surface area contributed by atoms with Crippen LogP contribution < -0.4 is 15.5 Å². The number of carbonyl (C=O) groups is 2. The van der Waals surface area contributed by atoms with Crippen molar-refractivity contribution in [1.29, 1.82) is 0 Å². The molecule has 150 valence electrons. The summed E-state index contributed by atoms with van der Waals surface area (Å²) in [6.45, 7) is 2.54. The highest BCUT2D eigenvalue weighted by molar-refractivity contribution is 8.01. The van der Waals surface area contributed by atoms with Crippen LogP contribution in [-0.2, 0) is 9.59 Å². The molecule has 0 saturated carbocycles. The molecule has 2 amide bonds. The molecular formula is C16H16F3N5O2S2. The standard InChI is InChI=1S/C16H16F3N5O2S2/c1-2-20-14-22-23-15(28-14)27-8-13(26)24-10-6-4-3-5-9(10)21-12(25)7-11(24)16(17,18)19/h3-6,11H,2,7-8H2,1H3,(H,20,22)(H,21,25). The molecule has 7 nitrogen and oxygen atoms in total. The molecule has 2 aromatic rings. The lowest BCUT2D eigenvalue weighted by atomic mass is 10.1. The van der Waals surface area contributed by atoms with Gasteiger partial charge in [-0.05, 0) is 19.1 Å². The molecule has 12 heteroatoms. The van der Waals surface area contributed by atoms with Crippen LogP contribution in [0.15, 0.2) is 28.6 Å². The molecule has 0 bridgehead atoms. The molecule has 0 saturated heterocycles. The normalized spacial score (nSPS) is 16.9. The van der Waals surface area contributed by atoms with Crippen LogP contribution in [0, 0.1) is 0 Å². The summed E-state index contributed by atoms with van der Waals surface area (Å²) in [7, 11) is 0. The first-order chi connectivity index (χ1) is 13.3. The van der Waals surface area contributed by atoms with Gasteiger partial charge >= 0.3 is 6.18 Å². The lowest BCUT2D eigenvalue weighted by molar-refractivity contribution is -0.157. The lowest BCUT2D eigenvalue weighted by Crippen LogP contribution is -2.50. The number of anilines is 3. The largest absolute Gasteiger partial charge is 0.409 e. The maximum absolute atomic E-state index is 13.6. The molecule has 1 atom stereocenters. The van der Waals surface area contributed by atoms with Gasteiger partial charge in [0.1, 0.15) is 6.04 Å². The van der Waals surface area contributed by atoms with Crippen LogP contribution in [0.4, 0.5) is 29.7 Å². The van der Waals surface area contributed by atoms with Crippen LogP contribution in [0.3, 0.4) is 0 Å². The zero-order chi connectivity index (χ0) is 20.3. The fourth-order valence-corrected chi connectivity index (χ4v) is 4.36. The van der Waals surface area contributed by atoms with Gasteiger partial charge in [-0.1, -0.05) is 35.2 Å². The lowest BCUT2D eigenvalue weighted by Gasteiger charge is -2.31. The molecule has 0 aliphatic carbocycles. The number of nitrogens with zero attached hydrogens (tertiary/aromatic N) is 3. The topological polar surface area (TPSA) is 87.2 Å². The van der Waals surface area contributed by atoms with Crippen LogP contribution in [0.5, 0.6) is 0 Å². The number of fused-ring (bicyclic) bond motifs is 1. The Kier molecular flexibility index (Phi) is 6.08. The van der Waals surface area contributed by atoms with E-state index >= 15 is 0 Å². The first-order valence-corrected chi connectivity index (χ1v) is 10.1. The number of carbonyl (C=O) groups excluding carboxylic acids is 2. The van der Waals surface area contributed by atoms with Gasteiger partial charge < -0.3 is 10.6 Å². The summed E-state index contributed by atoms with van der Waals surface area (Å²) in [6.07, 6.45) is -5.62. The summed E-state index contributed by atoms with van der Waals surface area (Å²) in [5, 5.41) is 13.8. The predicted molar refractivity (Wildman–Crippen MR) is 102 cm³/mol. The summed E-state index contributed by atoms with van der Waals surface area (Å²) in [5.74, 6) is -1.83. The minimum absolute atomic E-state index is 0.0203. The molecule has 1 aromatic carbocycles. The maximum atomic E-state index is 13.6. The van der Waals surface area contributed by atoms with Gasteiger partial charge in [0.2, 0.25) is 16.9 Å². The SMILES string of the molecule is CCNc1nnc(SCC(=O)N2c3ccccc3NC(=O)CC2C(F)(F)F)s1. The third-order valence-electron chi connectivity index (χ3n) is 3.83. The molecule has 3 rings (SSSR count). The zero-order valence-electron chi connectivity index (χ0n) is 14.6. The van der Waals surface area contributed by atoms with Crippen LogP contribution in [0.25, 0.3) is 0 Å². The van der Waals surface area contributed by atoms with E-state index in [4.69, 9.17) is 0 Å². The van der Waals surface area contributed by atoms with E-state index in [1.165, 1.54) is 29.5 Å². The molecule has 2 heterocycles. The minimum Gasteiger partial charge on any atom is -0.360 e. The van der Waals surface area contributed by atoms with Gasteiger partial charge in [-0.3, -0.25) is 14.5 Å². The molecule has 0 fully saturated rings. The average molecular weight is 431 g/mol. The Labute approximate surface area is 166 Å². The molecule has 0 radical (unpaired) electrons. The average Bonchev–Trinajstić information content (AvgIpc) is 3.01. The van der Waals surface area contributed by atoms with Gasteiger partial charge in [-0.15, -0.1) is 10.2 Å². The van der Waals surface area contributed by atoms with E-state index in [1.807, 2.05) is 6.92 Å². The molecule has 1 unspecified atom stereocenters. The van der Waals surface area contributed by atoms with Crippen LogP contribution >= 0.6 is 23.1 Å². The van der Waals surface area contributed by atoms with Crippen molar-refractivity contribution < 1.29 is 22.8 Å². The van der Waals surface area contributed by atoms with E-state index < -0.39 is 30.5 Å². The number of thioether (sulfide) groups is 1. The minimum atomic E-state index is -4.75. The highest BCUT2D eigenvalue weighted by Crippen LogP contribution is 2.38. The Morgan fingerprint density at radius 1 is 1.39 bits per heavy atom. The van der Waals surface area contributed by atoms with Crippen LogP contribution in [0.1, 0.15) is 13.3 Å². The highest BCUT2D eigenvalue weighted by atomic mass is 32.2. The third-order valence-corrected chi connectivity index (χ3v) is 5.83. The summed E-state index contributed by atoms with van der Waals surface area (Å²) in [6, 6.07) is 3.71. The van der Waals surface area contributed by atoms with Crippen molar-refractivity contribution in [1.82, 2.24) is 10.2 Å². The summed E-state index contributed by atoms with van der Waals surface area (Å²) >= 11 is 2.22. The van der Waals surface area contributed by atoms with Crippen molar-refractivity contribution in [2.24, 2.45) is 0 Å². The van der Waals surface area contributed by atoms with Crippen molar-refractivity contribution in [3.05, 3.63) is 24.3 Å². The Hall–Kier alpha value is -2.34. The number of hydrogen-bond donors (Lipinski definition) is 2. The fourth-order valence-electron chi connectivity index (χ4n) is 2.68. The first kappa shape index (κ1) is 20.4. The number of rotatable bonds is 5. The number of para-hydroxylation sites is 2. The van der Waals surface area contributed by atoms with Gasteiger partial charge in [0.05, 0.1) is 23.5 Å². The van der Waals surface area contributed by atoms with Gasteiger partial charge in [0.15, 0.2) is 4.34 Å². The third kappa shape index (κ3) is 4.55. The molecule has 1 aliphatic rings. The second-order valence-corrected chi connectivity index (χ2v) is 7.98. The fraction of sp³-hybridized carbons (Fsp3) is 0.375. The van der Waals surface area contributed by atoms with Gasteiger partial charge in [0, 0.05) is 6.54 Å². The molecule has 1 aromatic heterocycles. The number of nitrogens with one attached hydrogen (secondary N) is 2. The Morgan fingerprint density at radius 2 is 2.14 bits per heavy atom. The Bertz CT molecular complexity index is 874. The second-order valence-electron chi connectivity index (χ2n) is 5.78. The number of hydrogen-bond acceptors (Lipinski definition) is 7. The van der Waals surface area contributed by atoms with Crippen molar-refractivity contribution >= 4 is 51.4 Å². The van der Waals surface area contributed by atoms with Gasteiger partial charge in [0.25, 0.3) is 0 Å². The molecule has 28 heavy (non-hydrogen) atoms. The number of aromatic nitrogens is 2. The van der Waals surface area contributed by atoms with Crippen LogP contribution in [-0.4, -0.2) is 46.5 Å². The van der Waals surface area contributed by atoms with Crippen LogP contribution in [0.2, 0.25) is 0 Å². The Balaban J connectivity index is 1.86.